The highest BCUT2D eigenvalue weighted by molar-refractivity contribution is 7.27. The molecule has 9 rings (SSSR count). The third kappa shape index (κ3) is 5.35. The third-order valence-corrected chi connectivity index (χ3v) is 10.8. The fourth-order valence-corrected chi connectivity index (χ4v) is 8.20. The quantitative estimate of drug-likeness (QED) is 0.151. The summed E-state index contributed by atoms with van der Waals surface area (Å²) in [6, 6.07) is 69.9. The number of hydrogen-bond acceptors (Lipinski definition) is 1. The van der Waals surface area contributed by atoms with Gasteiger partial charge in [0.1, 0.15) is 5.82 Å². The summed E-state index contributed by atoms with van der Waals surface area (Å²) >= 11 is 0. The molecular formula is C49H35FNP. The number of anilines is 3. The van der Waals surface area contributed by atoms with Crippen molar-refractivity contribution in [3.8, 4) is 33.4 Å². The van der Waals surface area contributed by atoms with Gasteiger partial charge in [-0.05, 0) is 97.8 Å². The van der Waals surface area contributed by atoms with Gasteiger partial charge in [-0.1, -0.05) is 158 Å². The van der Waals surface area contributed by atoms with Crippen LogP contribution in [0, 0.1) is 5.82 Å². The zero-order valence-electron chi connectivity index (χ0n) is 28.5. The van der Waals surface area contributed by atoms with Crippen molar-refractivity contribution in [2.45, 2.75) is 5.41 Å². The largest absolute Gasteiger partial charge is 0.310 e. The Labute approximate surface area is 306 Å². The molecule has 0 fully saturated rings. The molecule has 1 nitrogen and oxygen atoms in total. The van der Waals surface area contributed by atoms with Crippen LogP contribution in [0.15, 0.2) is 200 Å². The molecule has 3 heteroatoms. The Balaban J connectivity index is 1.30. The molecule has 0 spiro atoms. The topological polar surface area (TPSA) is 3.24 Å². The monoisotopic (exact) mass is 687 g/mol. The molecule has 0 saturated carbocycles. The molecule has 0 radical (unpaired) electrons. The maximum atomic E-state index is 14.6. The average Bonchev–Trinajstić information content (AvgIpc) is 3.51. The summed E-state index contributed by atoms with van der Waals surface area (Å²) in [6.07, 6.45) is 0. The van der Waals surface area contributed by atoms with Crippen molar-refractivity contribution < 1.29 is 4.39 Å². The lowest BCUT2D eigenvalue weighted by molar-refractivity contribution is 0.625. The highest BCUT2D eigenvalue weighted by atomic mass is 31.0. The zero-order valence-corrected chi connectivity index (χ0v) is 29.6. The van der Waals surface area contributed by atoms with E-state index in [4.69, 9.17) is 0 Å². The van der Waals surface area contributed by atoms with E-state index in [9.17, 15) is 4.39 Å². The van der Waals surface area contributed by atoms with Gasteiger partial charge in [-0.3, -0.25) is 0 Å². The van der Waals surface area contributed by atoms with E-state index in [2.05, 4.69) is 178 Å². The number of fused-ring (bicyclic) bond motifs is 3. The lowest BCUT2D eigenvalue weighted by atomic mass is 9.67. The molecule has 8 aromatic rings. The molecule has 52 heavy (non-hydrogen) atoms. The van der Waals surface area contributed by atoms with Crippen LogP contribution in [-0.2, 0) is 5.41 Å². The van der Waals surface area contributed by atoms with Gasteiger partial charge in [0.25, 0.3) is 0 Å². The minimum atomic E-state index is -0.659. The normalized spacial score (nSPS) is 14.4. The lowest BCUT2D eigenvalue weighted by Gasteiger charge is -2.34. The van der Waals surface area contributed by atoms with Crippen molar-refractivity contribution in [1.82, 2.24) is 0 Å². The third-order valence-electron chi connectivity index (χ3n) is 10.4. The second-order valence-electron chi connectivity index (χ2n) is 13.3. The van der Waals surface area contributed by atoms with Crippen LogP contribution >= 0.6 is 9.24 Å². The van der Waals surface area contributed by atoms with Crippen LogP contribution in [0.25, 0.3) is 33.4 Å². The van der Waals surface area contributed by atoms with Crippen molar-refractivity contribution in [3.63, 3.8) is 0 Å². The summed E-state index contributed by atoms with van der Waals surface area (Å²) in [7, 11) is 2.81. The molecule has 8 aromatic carbocycles. The molecule has 248 valence electrons. The van der Waals surface area contributed by atoms with Gasteiger partial charge in [0.2, 0.25) is 0 Å². The number of nitrogens with zero attached hydrogens (tertiary/aromatic N) is 1. The van der Waals surface area contributed by atoms with Crippen LogP contribution in [0.3, 0.4) is 0 Å². The van der Waals surface area contributed by atoms with Crippen LogP contribution in [-0.4, -0.2) is 0 Å². The summed E-state index contributed by atoms with van der Waals surface area (Å²) in [5, 5.41) is 1.11. The van der Waals surface area contributed by atoms with Gasteiger partial charge in [0.15, 0.2) is 0 Å². The Morgan fingerprint density at radius 2 is 0.865 bits per heavy atom. The molecule has 0 heterocycles. The standard InChI is InChI=1S/C49H35FNP/c50-40-26-22-38(23-27-40)49(39-24-32-43(52)33-25-39)45-15-8-7-14-44(45)48-46(49)16-9-17-47(48)51(41-28-18-36(19-29-41)34-10-3-1-4-11-34)42-30-20-37(21-31-42)35-12-5-2-6-13-35/h1-33H,52H2. The summed E-state index contributed by atoms with van der Waals surface area (Å²) in [5.41, 5.74) is 14.1. The van der Waals surface area contributed by atoms with E-state index in [1.165, 1.54) is 38.9 Å². The Hall–Kier alpha value is -6.08. The first-order valence-corrected chi connectivity index (χ1v) is 18.2. The van der Waals surface area contributed by atoms with Crippen molar-refractivity contribution in [2.75, 3.05) is 4.90 Å². The highest BCUT2D eigenvalue weighted by Gasteiger charge is 2.47. The van der Waals surface area contributed by atoms with Gasteiger partial charge in [-0.15, -0.1) is 9.24 Å². The van der Waals surface area contributed by atoms with Crippen LogP contribution < -0.4 is 10.2 Å². The second kappa shape index (κ2) is 13.2. The summed E-state index contributed by atoms with van der Waals surface area (Å²) in [6.45, 7) is 0. The van der Waals surface area contributed by atoms with Gasteiger partial charge in [0.05, 0.1) is 11.1 Å². The molecule has 0 amide bonds. The molecule has 2 unspecified atom stereocenters. The fraction of sp³-hybridized carbons (Fsp3) is 0.0204. The predicted octanol–water partition coefficient (Wildman–Crippen LogP) is 12.5. The van der Waals surface area contributed by atoms with Gasteiger partial charge in [-0.25, -0.2) is 4.39 Å². The van der Waals surface area contributed by atoms with E-state index in [0.717, 1.165) is 39.1 Å². The minimum absolute atomic E-state index is 0.247. The van der Waals surface area contributed by atoms with Crippen LogP contribution in [0.4, 0.5) is 21.5 Å². The van der Waals surface area contributed by atoms with E-state index in [0.29, 0.717) is 0 Å². The van der Waals surface area contributed by atoms with E-state index in [1.54, 1.807) is 12.1 Å². The van der Waals surface area contributed by atoms with E-state index in [-0.39, 0.29) is 5.82 Å². The summed E-state index contributed by atoms with van der Waals surface area (Å²) < 4.78 is 14.6. The van der Waals surface area contributed by atoms with Gasteiger partial charge in [0, 0.05) is 16.9 Å². The van der Waals surface area contributed by atoms with Crippen LogP contribution in [0.5, 0.6) is 0 Å². The number of halogens is 1. The Morgan fingerprint density at radius 1 is 0.404 bits per heavy atom. The van der Waals surface area contributed by atoms with Gasteiger partial charge >= 0.3 is 0 Å². The first-order valence-electron chi connectivity index (χ1n) is 17.6. The molecular weight excluding hydrogens is 653 g/mol. The first-order chi connectivity index (χ1) is 25.6. The predicted molar refractivity (Wildman–Crippen MR) is 219 cm³/mol. The van der Waals surface area contributed by atoms with E-state index in [1.807, 2.05) is 24.3 Å². The van der Waals surface area contributed by atoms with Crippen molar-refractivity contribution >= 4 is 31.6 Å². The molecule has 0 N–H and O–H groups in total. The molecule has 1 aliphatic rings. The first kappa shape index (κ1) is 31.9. The molecule has 0 aliphatic heterocycles. The summed E-state index contributed by atoms with van der Waals surface area (Å²) in [5.74, 6) is -0.247. The maximum Gasteiger partial charge on any atom is 0.123 e. The maximum absolute atomic E-state index is 14.6. The smallest absolute Gasteiger partial charge is 0.123 e. The van der Waals surface area contributed by atoms with Crippen molar-refractivity contribution in [2.24, 2.45) is 0 Å². The van der Waals surface area contributed by atoms with Gasteiger partial charge < -0.3 is 4.90 Å². The van der Waals surface area contributed by atoms with Crippen molar-refractivity contribution in [1.29, 1.82) is 0 Å². The highest BCUT2D eigenvalue weighted by Crippen LogP contribution is 2.59. The molecule has 0 bridgehead atoms. The Kier molecular flexibility index (Phi) is 8.11. The van der Waals surface area contributed by atoms with Crippen LogP contribution in [0.1, 0.15) is 22.3 Å². The summed E-state index contributed by atoms with van der Waals surface area (Å²) in [4.78, 5) is 2.38. The molecule has 0 aromatic heterocycles. The SMILES string of the molecule is Fc1ccc(C2(c3ccc(P)cc3)c3ccccc3-c3c(N(c4ccc(-c5ccccc5)cc4)c4ccc(-c5ccccc5)cc4)cccc32)cc1. The Morgan fingerprint density at radius 3 is 1.42 bits per heavy atom. The molecule has 0 saturated heterocycles. The second-order valence-corrected chi connectivity index (χ2v) is 14.0. The van der Waals surface area contributed by atoms with E-state index >= 15 is 0 Å². The van der Waals surface area contributed by atoms with Crippen molar-refractivity contribution in [3.05, 3.63) is 228 Å². The minimum Gasteiger partial charge on any atom is -0.310 e. The molecule has 2 atom stereocenters. The number of hydrogen-bond donors (Lipinski definition) is 0. The van der Waals surface area contributed by atoms with E-state index < -0.39 is 5.41 Å². The number of rotatable bonds is 7. The fourth-order valence-electron chi connectivity index (χ4n) is 8.01. The number of benzene rings is 8. The molecule has 1 aliphatic carbocycles. The Bertz CT molecular complexity index is 2360. The van der Waals surface area contributed by atoms with Gasteiger partial charge in [-0.2, -0.15) is 0 Å². The average molecular weight is 688 g/mol. The van der Waals surface area contributed by atoms with Crippen LogP contribution in [0.2, 0.25) is 0 Å². The zero-order chi connectivity index (χ0) is 35.1. The lowest BCUT2D eigenvalue weighted by Crippen LogP contribution is -2.29.